The molecule has 26 heavy (non-hydrogen) atoms. The first kappa shape index (κ1) is 18.4. The highest BCUT2D eigenvalue weighted by Gasteiger charge is 2.28. The molecule has 140 valence electrons. The molecule has 1 aromatic rings. The molecule has 1 fully saturated rings. The van der Waals surface area contributed by atoms with Crippen molar-refractivity contribution in [3.05, 3.63) is 29.3 Å². The Morgan fingerprint density at radius 1 is 1.27 bits per heavy atom. The summed E-state index contributed by atoms with van der Waals surface area (Å²) in [5.74, 6) is 0.142. The molecule has 0 radical (unpaired) electrons. The molecule has 3 rings (SSSR count). The minimum absolute atomic E-state index is 0.0126. The molecule has 1 unspecified atom stereocenters. The van der Waals surface area contributed by atoms with Crippen molar-refractivity contribution >= 4 is 23.4 Å². The Morgan fingerprint density at radius 2 is 1.96 bits per heavy atom. The Balaban J connectivity index is 1.55. The fourth-order valence-corrected chi connectivity index (χ4v) is 3.69. The molecule has 7 heteroatoms. The highest BCUT2D eigenvalue weighted by Crippen LogP contribution is 2.25. The second-order valence-corrected chi connectivity index (χ2v) is 7.31. The molecule has 4 N–H and O–H groups in total. The molecule has 3 amide bonds. The van der Waals surface area contributed by atoms with Gasteiger partial charge in [-0.05, 0) is 56.4 Å². The van der Waals surface area contributed by atoms with Crippen molar-refractivity contribution in [3.63, 3.8) is 0 Å². The van der Waals surface area contributed by atoms with Gasteiger partial charge in [0, 0.05) is 30.4 Å². The number of hydrogen-bond acceptors (Lipinski definition) is 4. The van der Waals surface area contributed by atoms with Crippen LogP contribution in [0.2, 0.25) is 0 Å². The lowest BCUT2D eigenvalue weighted by Gasteiger charge is -2.35. The Labute approximate surface area is 153 Å². The van der Waals surface area contributed by atoms with Gasteiger partial charge in [-0.1, -0.05) is 0 Å². The summed E-state index contributed by atoms with van der Waals surface area (Å²) >= 11 is 0. The van der Waals surface area contributed by atoms with Crippen LogP contribution >= 0.6 is 0 Å². The maximum absolute atomic E-state index is 12.5. The Hall–Kier alpha value is -2.41. The van der Waals surface area contributed by atoms with Gasteiger partial charge in [-0.15, -0.1) is 0 Å². The summed E-state index contributed by atoms with van der Waals surface area (Å²) < 4.78 is 0. The first-order valence-corrected chi connectivity index (χ1v) is 9.13. The van der Waals surface area contributed by atoms with Crippen LogP contribution in [0.3, 0.4) is 0 Å². The largest absolute Gasteiger partial charge is 0.349 e. The number of carbonyl (C=O) groups is 3. The van der Waals surface area contributed by atoms with Gasteiger partial charge < -0.3 is 21.3 Å². The highest BCUT2D eigenvalue weighted by atomic mass is 16.2. The van der Waals surface area contributed by atoms with E-state index in [-0.39, 0.29) is 23.8 Å². The lowest BCUT2D eigenvalue weighted by molar-refractivity contribution is -0.133. The van der Waals surface area contributed by atoms with Crippen LogP contribution in [0.15, 0.2) is 18.2 Å². The molecule has 1 saturated heterocycles. The van der Waals surface area contributed by atoms with Crippen LogP contribution in [0.4, 0.5) is 5.69 Å². The quantitative estimate of drug-likeness (QED) is 0.743. The topological polar surface area (TPSA) is 105 Å². The van der Waals surface area contributed by atoms with Gasteiger partial charge in [0.2, 0.25) is 11.8 Å². The summed E-state index contributed by atoms with van der Waals surface area (Å²) in [5, 5.41) is 5.83. The zero-order valence-corrected chi connectivity index (χ0v) is 15.2. The molecular weight excluding hydrogens is 332 g/mol. The zero-order chi connectivity index (χ0) is 18.8. The minimum Gasteiger partial charge on any atom is -0.349 e. The van der Waals surface area contributed by atoms with Gasteiger partial charge in [0.1, 0.15) is 0 Å². The molecule has 2 aliphatic rings. The van der Waals surface area contributed by atoms with E-state index in [4.69, 9.17) is 5.73 Å². The zero-order valence-electron chi connectivity index (χ0n) is 15.2. The molecule has 1 aromatic carbocycles. The molecule has 2 heterocycles. The van der Waals surface area contributed by atoms with Crippen LogP contribution in [0, 0.1) is 5.92 Å². The predicted molar refractivity (Wildman–Crippen MR) is 98.7 cm³/mol. The summed E-state index contributed by atoms with van der Waals surface area (Å²) in [6.45, 7) is 5.07. The number of benzene rings is 1. The molecule has 0 aliphatic carbocycles. The number of piperidine rings is 1. The Bertz CT molecular complexity index is 723. The number of nitrogens with zero attached hydrogens (tertiary/aromatic N) is 1. The number of rotatable bonds is 4. The van der Waals surface area contributed by atoms with Crippen molar-refractivity contribution < 1.29 is 14.4 Å². The van der Waals surface area contributed by atoms with Gasteiger partial charge in [0.25, 0.3) is 5.91 Å². The molecule has 2 aliphatic heterocycles. The second kappa shape index (κ2) is 7.45. The van der Waals surface area contributed by atoms with E-state index >= 15 is 0 Å². The van der Waals surface area contributed by atoms with Crippen LogP contribution in [0.25, 0.3) is 0 Å². The van der Waals surface area contributed by atoms with Gasteiger partial charge in [-0.3, -0.25) is 14.4 Å². The van der Waals surface area contributed by atoms with E-state index in [1.165, 1.54) is 0 Å². The molecule has 2 atom stereocenters. The third-order valence-corrected chi connectivity index (χ3v) is 5.30. The Morgan fingerprint density at radius 3 is 2.62 bits per heavy atom. The van der Waals surface area contributed by atoms with Gasteiger partial charge in [0.15, 0.2) is 0 Å². The van der Waals surface area contributed by atoms with E-state index in [0.717, 1.165) is 24.1 Å². The summed E-state index contributed by atoms with van der Waals surface area (Å²) in [6, 6.07) is 4.83. The van der Waals surface area contributed by atoms with Gasteiger partial charge in [-0.25, -0.2) is 0 Å². The van der Waals surface area contributed by atoms with Crippen LogP contribution in [0.1, 0.15) is 42.6 Å². The van der Waals surface area contributed by atoms with Crippen molar-refractivity contribution in [2.75, 3.05) is 18.4 Å². The van der Waals surface area contributed by atoms with E-state index in [0.29, 0.717) is 31.0 Å². The van der Waals surface area contributed by atoms with Crippen molar-refractivity contribution in [2.45, 2.75) is 45.2 Å². The monoisotopic (exact) mass is 358 g/mol. The highest BCUT2D eigenvalue weighted by molar-refractivity contribution is 6.01. The second-order valence-electron chi connectivity index (χ2n) is 7.31. The summed E-state index contributed by atoms with van der Waals surface area (Å²) in [5.41, 5.74) is 7.87. The fourth-order valence-electron chi connectivity index (χ4n) is 3.69. The molecule has 7 nitrogen and oxygen atoms in total. The standard InChI is InChI=1S/C19H26N4O3/c1-11(20)19(26)23-7-5-13(6-8-23)12(2)21-18(25)14-3-4-16-15(9-14)10-17(24)22-16/h3-4,9,11-13H,5-8,10,20H2,1-2H3,(H,21,25)(H,22,24)/t11-,12?/m0/s1. The van der Waals surface area contributed by atoms with Crippen LogP contribution in [-0.2, 0) is 16.0 Å². The third-order valence-electron chi connectivity index (χ3n) is 5.30. The average molecular weight is 358 g/mol. The Kier molecular flexibility index (Phi) is 5.27. The average Bonchev–Trinajstić information content (AvgIpc) is 3.00. The number of amides is 3. The molecular formula is C19H26N4O3. The number of nitrogens with one attached hydrogen (secondary N) is 2. The number of carbonyl (C=O) groups excluding carboxylic acids is 3. The summed E-state index contributed by atoms with van der Waals surface area (Å²) in [7, 11) is 0. The van der Waals surface area contributed by atoms with Crippen LogP contribution < -0.4 is 16.4 Å². The number of anilines is 1. The first-order valence-electron chi connectivity index (χ1n) is 9.13. The molecule has 0 aromatic heterocycles. The molecule has 0 spiro atoms. The van der Waals surface area contributed by atoms with Crippen LogP contribution in [0.5, 0.6) is 0 Å². The van der Waals surface area contributed by atoms with Crippen molar-refractivity contribution in [1.82, 2.24) is 10.2 Å². The number of nitrogens with two attached hydrogens (primary N) is 1. The number of hydrogen-bond donors (Lipinski definition) is 3. The maximum atomic E-state index is 12.5. The lowest BCUT2D eigenvalue weighted by atomic mass is 9.90. The SMILES string of the molecule is CC(NC(=O)c1ccc2c(c1)CC(=O)N2)C1CCN(C(=O)[C@H](C)N)CC1. The van der Waals surface area contributed by atoms with E-state index < -0.39 is 6.04 Å². The minimum atomic E-state index is -0.468. The molecule has 0 saturated carbocycles. The van der Waals surface area contributed by atoms with E-state index in [1.807, 2.05) is 6.92 Å². The third kappa shape index (κ3) is 3.88. The van der Waals surface area contributed by atoms with Gasteiger partial charge >= 0.3 is 0 Å². The lowest BCUT2D eigenvalue weighted by Crippen LogP contribution is -2.49. The van der Waals surface area contributed by atoms with Crippen molar-refractivity contribution in [3.8, 4) is 0 Å². The van der Waals surface area contributed by atoms with E-state index in [1.54, 1.807) is 30.0 Å². The summed E-state index contributed by atoms with van der Waals surface area (Å²) in [6.07, 6.45) is 2.02. The first-order chi connectivity index (χ1) is 12.3. The predicted octanol–water partition coefficient (Wildman–Crippen LogP) is 0.885. The van der Waals surface area contributed by atoms with Gasteiger partial charge in [0.05, 0.1) is 12.5 Å². The van der Waals surface area contributed by atoms with E-state index in [9.17, 15) is 14.4 Å². The fraction of sp³-hybridized carbons (Fsp3) is 0.526. The van der Waals surface area contributed by atoms with Gasteiger partial charge in [-0.2, -0.15) is 0 Å². The smallest absolute Gasteiger partial charge is 0.251 e. The number of likely N-dealkylation sites (tertiary alicyclic amines) is 1. The van der Waals surface area contributed by atoms with Crippen molar-refractivity contribution in [1.29, 1.82) is 0 Å². The van der Waals surface area contributed by atoms with Crippen molar-refractivity contribution in [2.24, 2.45) is 11.7 Å². The van der Waals surface area contributed by atoms with Crippen LogP contribution in [-0.4, -0.2) is 47.8 Å². The molecule has 0 bridgehead atoms. The summed E-state index contributed by atoms with van der Waals surface area (Å²) in [4.78, 5) is 37.7. The van der Waals surface area contributed by atoms with E-state index in [2.05, 4.69) is 10.6 Å². The maximum Gasteiger partial charge on any atom is 0.251 e. The number of fused-ring (bicyclic) bond motifs is 1. The normalized spacial score (nSPS) is 19.5.